The second-order valence-electron chi connectivity index (χ2n) is 4.27. The Bertz CT molecular complexity index is 380. The van der Waals surface area contributed by atoms with Crippen molar-refractivity contribution < 1.29 is 24.1 Å². The molecule has 19 heavy (non-hydrogen) atoms. The zero-order valence-electron chi connectivity index (χ0n) is 12.1. The van der Waals surface area contributed by atoms with Gasteiger partial charge in [-0.05, 0) is 17.7 Å². The summed E-state index contributed by atoms with van der Waals surface area (Å²) in [6.45, 7) is 2.20. The average Bonchev–Trinajstić information content (AvgIpc) is 2.44. The molecule has 0 saturated carbocycles. The highest BCUT2D eigenvalue weighted by Gasteiger charge is 2.21. The van der Waals surface area contributed by atoms with Gasteiger partial charge in [0.1, 0.15) is 0 Å². The third-order valence-electron chi connectivity index (χ3n) is 3.13. The first-order valence-electron chi connectivity index (χ1n) is 6.05. The van der Waals surface area contributed by atoms with Gasteiger partial charge in [-0.25, -0.2) is 0 Å². The molecule has 0 bridgehead atoms. The van der Waals surface area contributed by atoms with E-state index >= 15 is 0 Å². The van der Waals surface area contributed by atoms with Gasteiger partial charge < -0.3 is 24.1 Å². The van der Waals surface area contributed by atoms with E-state index in [9.17, 15) is 5.11 Å². The van der Waals surface area contributed by atoms with Crippen LogP contribution in [0.25, 0.3) is 0 Å². The van der Waals surface area contributed by atoms with E-state index in [4.69, 9.17) is 18.9 Å². The maximum absolute atomic E-state index is 9.99. The second kappa shape index (κ2) is 7.21. The fourth-order valence-corrected chi connectivity index (χ4v) is 1.90. The fourth-order valence-electron chi connectivity index (χ4n) is 1.90. The van der Waals surface area contributed by atoms with Crippen molar-refractivity contribution in [1.82, 2.24) is 0 Å². The van der Waals surface area contributed by atoms with E-state index in [-0.39, 0.29) is 12.5 Å². The lowest BCUT2D eigenvalue weighted by atomic mass is 9.95. The van der Waals surface area contributed by atoms with Crippen LogP contribution in [0.4, 0.5) is 0 Å². The van der Waals surface area contributed by atoms with Crippen LogP contribution >= 0.6 is 0 Å². The van der Waals surface area contributed by atoms with Crippen LogP contribution in [0.3, 0.4) is 0 Å². The van der Waals surface area contributed by atoms with Crippen LogP contribution in [0.2, 0.25) is 0 Å². The molecular formula is C14H22O5. The Morgan fingerprint density at radius 3 is 1.89 bits per heavy atom. The van der Waals surface area contributed by atoms with Gasteiger partial charge in [0.05, 0.1) is 34.0 Å². The highest BCUT2D eigenvalue weighted by molar-refractivity contribution is 5.54. The Labute approximate surface area is 114 Å². The molecule has 0 radical (unpaired) electrons. The fraction of sp³-hybridized carbons (Fsp3) is 0.571. The third kappa shape index (κ3) is 3.52. The minimum absolute atomic E-state index is 0.103. The van der Waals surface area contributed by atoms with Gasteiger partial charge in [-0.15, -0.1) is 0 Å². The van der Waals surface area contributed by atoms with Crippen molar-refractivity contribution in [3.05, 3.63) is 17.7 Å². The van der Waals surface area contributed by atoms with Gasteiger partial charge >= 0.3 is 0 Å². The number of hydrogen-bond donors (Lipinski definition) is 1. The normalized spacial score (nSPS) is 13.8. The predicted octanol–water partition coefficient (Wildman–Crippen LogP) is 1.82. The number of hydrogen-bond acceptors (Lipinski definition) is 5. The lowest BCUT2D eigenvalue weighted by molar-refractivity contribution is 0.0501. The summed E-state index contributed by atoms with van der Waals surface area (Å²) >= 11 is 0. The lowest BCUT2D eigenvalue weighted by Gasteiger charge is -2.21. The van der Waals surface area contributed by atoms with E-state index in [1.165, 1.54) is 0 Å². The first-order valence-corrected chi connectivity index (χ1v) is 6.05. The lowest BCUT2D eigenvalue weighted by Crippen LogP contribution is -2.21. The average molecular weight is 270 g/mol. The number of benzene rings is 1. The molecule has 0 fully saturated rings. The van der Waals surface area contributed by atoms with Crippen LogP contribution < -0.4 is 14.2 Å². The minimum Gasteiger partial charge on any atom is -0.493 e. The molecule has 0 aliphatic heterocycles. The molecule has 2 atom stereocenters. The summed E-state index contributed by atoms with van der Waals surface area (Å²) in [4.78, 5) is 0. The molecule has 0 spiro atoms. The van der Waals surface area contributed by atoms with Crippen molar-refractivity contribution in [2.24, 2.45) is 0 Å². The Hall–Kier alpha value is -1.46. The van der Waals surface area contributed by atoms with E-state index in [0.717, 1.165) is 5.56 Å². The van der Waals surface area contributed by atoms with Gasteiger partial charge in [0, 0.05) is 13.0 Å². The number of aliphatic hydroxyl groups is 1. The number of aliphatic hydroxyl groups excluding tert-OH is 1. The van der Waals surface area contributed by atoms with E-state index in [1.807, 2.05) is 19.1 Å². The molecule has 2 unspecified atom stereocenters. The van der Waals surface area contributed by atoms with Crippen LogP contribution in [-0.2, 0) is 4.74 Å². The molecule has 1 N–H and O–H groups in total. The van der Waals surface area contributed by atoms with Crippen molar-refractivity contribution in [3.63, 3.8) is 0 Å². The molecule has 0 heterocycles. The minimum atomic E-state index is -0.590. The molecule has 0 aliphatic carbocycles. The Morgan fingerprint density at radius 1 is 1.00 bits per heavy atom. The van der Waals surface area contributed by atoms with Gasteiger partial charge in [0.2, 0.25) is 5.75 Å². The smallest absolute Gasteiger partial charge is 0.203 e. The second-order valence-corrected chi connectivity index (χ2v) is 4.27. The van der Waals surface area contributed by atoms with Crippen molar-refractivity contribution in [2.45, 2.75) is 18.9 Å². The van der Waals surface area contributed by atoms with Crippen molar-refractivity contribution in [2.75, 3.05) is 35.0 Å². The number of ether oxygens (including phenoxy) is 4. The Kier molecular flexibility index (Phi) is 5.92. The molecule has 0 aromatic heterocycles. The zero-order valence-corrected chi connectivity index (χ0v) is 12.1. The molecule has 1 aromatic rings. The van der Waals surface area contributed by atoms with Crippen LogP contribution in [0.5, 0.6) is 17.2 Å². The maximum Gasteiger partial charge on any atom is 0.203 e. The maximum atomic E-state index is 9.99. The summed E-state index contributed by atoms with van der Waals surface area (Å²) in [6.07, 6.45) is -0.590. The molecule has 1 aromatic carbocycles. The van der Waals surface area contributed by atoms with Gasteiger partial charge in [0.25, 0.3) is 0 Å². The van der Waals surface area contributed by atoms with Crippen molar-refractivity contribution in [3.8, 4) is 17.2 Å². The van der Waals surface area contributed by atoms with E-state index in [2.05, 4.69) is 0 Å². The molecule has 5 nitrogen and oxygen atoms in total. The van der Waals surface area contributed by atoms with Gasteiger partial charge in [-0.3, -0.25) is 0 Å². The molecular weight excluding hydrogens is 248 g/mol. The van der Waals surface area contributed by atoms with Crippen LogP contribution in [0.15, 0.2) is 12.1 Å². The molecule has 5 heteroatoms. The molecule has 0 saturated heterocycles. The predicted molar refractivity (Wildman–Crippen MR) is 72.4 cm³/mol. The zero-order chi connectivity index (χ0) is 14.4. The highest BCUT2D eigenvalue weighted by Crippen LogP contribution is 2.40. The van der Waals surface area contributed by atoms with Crippen molar-refractivity contribution in [1.29, 1.82) is 0 Å². The summed E-state index contributed by atoms with van der Waals surface area (Å²) in [6, 6.07) is 3.68. The SMILES string of the molecule is COCC(O)C(C)c1cc(OC)c(OC)c(OC)c1. The molecule has 108 valence electrons. The number of rotatable bonds is 7. The topological polar surface area (TPSA) is 57.2 Å². The van der Waals surface area contributed by atoms with E-state index in [0.29, 0.717) is 17.2 Å². The quantitative estimate of drug-likeness (QED) is 0.819. The summed E-state index contributed by atoms with van der Waals surface area (Å²) in [5.74, 6) is 1.59. The van der Waals surface area contributed by atoms with E-state index < -0.39 is 6.10 Å². The summed E-state index contributed by atoms with van der Waals surface area (Å²) in [7, 11) is 6.25. The first-order chi connectivity index (χ1) is 9.08. The Morgan fingerprint density at radius 2 is 1.53 bits per heavy atom. The van der Waals surface area contributed by atoms with Gasteiger partial charge in [0.15, 0.2) is 11.5 Å². The van der Waals surface area contributed by atoms with Crippen molar-refractivity contribution >= 4 is 0 Å². The first kappa shape index (κ1) is 15.6. The van der Waals surface area contributed by atoms with Crippen LogP contribution in [0.1, 0.15) is 18.4 Å². The number of methoxy groups -OCH3 is 4. The third-order valence-corrected chi connectivity index (χ3v) is 3.13. The Balaban J connectivity index is 3.15. The van der Waals surface area contributed by atoms with Gasteiger partial charge in [-0.1, -0.05) is 6.92 Å². The van der Waals surface area contributed by atoms with E-state index in [1.54, 1.807) is 28.4 Å². The molecule has 1 rings (SSSR count). The van der Waals surface area contributed by atoms with Crippen LogP contribution in [0, 0.1) is 0 Å². The summed E-state index contributed by atoms with van der Waals surface area (Å²) in [5, 5.41) is 9.99. The monoisotopic (exact) mass is 270 g/mol. The standard InChI is InChI=1S/C14H22O5/c1-9(11(15)8-16-2)10-6-12(17-3)14(19-5)13(7-10)18-4/h6-7,9,11,15H,8H2,1-5H3. The summed E-state index contributed by atoms with van der Waals surface area (Å²) < 4.78 is 20.8. The van der Waals surface area contributed by atoms with Crippen LogP contribution in [-0.4, -0.2) is 46.3 Å². The highest BCUT2D eigenvalue weighted by atomic mass is 16.5. The van der Waals surface area contributed by atoms with Gasteiger partial charge in [-0.2, -0.15) is 0 Å². The molecule has 0 aliphatic rings. The summed E-state index contributed by atoms with van der Waals surface area (Å²) in [5.41, 5.74) is 0.902. The largest absolute Gasteiger partial charge is 0.493 e. The molecule has 0 amide bonds.